The SMILES string of the molecule is COC(=O)C(CCCc1ccccc1)CCc1ccc(OS(=O)(=O)C(F)(F)F)cc1. The molecule has 5 nitrogen and oxygen atoms in total. The maximum Gasteiger partial charge on any atom is 0.534 e. The normalized spacial score (nSPS) is 12.9. The topological polar surface area (TPSA) is 69.7 Å². The molecule has 0 amide bonds. The molecular formula is C21H23F3O5S. The van der Waals surface area contributed by atoms with Gasteiger partial charge in [0.1, 0.15) is 5.75 Å². The van der Waals surface area contributed by atoms with E-state index >= 15 is 0 Å². The van der Waals surface area contributed by atoms with Crippen LogP contribution in [-0.2, 0) is 32.5 Å². The minimum atomic E-state index is -5.70. The predicted octanol–water partition coefficient (Wildman–Crippen LogP) is 4.66. The first-order valence-electron chi connectivity index (χ1n) is 9.34. The Hall–Kier alpha value is -2.55. The molecule has 0 heterocycles. The molecule has 0 aliphatic rings. The first kappa shape index (κ1) is 23.7. The summed E-state index contributed by atoms with van der Waals surface area (Å²) in [4.78, 5) is 12.1. The summed E-state index contributed by atoms with van der Waals surface area (Å²) >= 11 is 0. The Labute approximate surface area is 173 Å². The Kier molecular flexibility index (Phi) is 8.28. The van der Waals surface area contributed by atoms with Crippen molar-refractivity contribution in [3.05, 3.63) is 65.7 Å². The molecule has 0 N–H and O–H groups in total. The van der Waals surface area contributed by atoms with E-state index in [9.17, 15) is 26.4 Å². The lowest BCUT2D eigenvalue weighted by Gasteiger charge is -2.15. The van der Waals surface area contributed by atoms with Gasteiger partial charge in [-0.05, 0) is 55.4 Å². The number of aryl methyl sites for hydroxylation is 2. The van der Waals surface area contributed by atoms with Crippen molar-refractivity contribution in [3.8, 4) is 5.75 Å². The van der Waals surface area contributed by atoms with Crippen LogP contribution in [0.5, 0.6) is 5.75 Å². The van der Waals surface area contributed by atoms with Crippen molar-refractivity contribution in [2.24, 2.45) is 5.92 Å². The number of ether oxygens (including phenoxy) is 1. The molecule has 30 heavy (non-hydrogen) atoms. The third-order valence-electron chi connectivity index (χ3n) is 4.59. The van der Waals surface area contributed by atoms with Gasteiger partial charge in [-0.15, -0.1) is 0 Å². The lowest BCUT2D eigenvalue weighted by molar-refractivity contribution is -0.145. The second kappa shape index (κ2) is 10.5. The highest BCUT2D eigenvalue weighted by Crippen LogP contribution is 2.27. The number of alkyl halides is 3. The smallest absolute Gasteiger partial charge is 0.469 e. The molecule has 2 aromatic carbocycles. The molecule has 0 radical (unpaired) electrons. The predicted molar refractivity (Wildman–Crippen MR) is 105 cm³/mol. The number of halogens is 3. The van der Waals surface area contributed by atoms with Crippen LogP contribution in [0.2, 0.25) is 0 Å². The minimum absolute atomic E-state index is 0.305. The molecule has 0 saturated carbocycles. The van der Waals surface area contributed by atoms with Gasteiger partial charge in [0.15, 0.2) is 0 Å². The van der Waals surface area contributed by atoms with Crippen LogP contribution in [-0.4, -0.2) is 27.0 Å². The van der Waals surface area contributed by atoms with Crippen LogP contribution in [0.1, 0.15) is 30.4 Å². The van der Waals surface area contributed by atoms with Gasteiger partial charge in [-0.25, -0.2) is 0 Å². The van der Waals surface area contributed by atoms with E-state index in [2.05, 4.69) is 4.18 Å². The summed E-state index contributed by atoms with van der Waals surface area (Å²) < 4.78 is 68.1. The number of benzene rings is 2. The molecule has 0 aliphatic carbocycles. The Balaban J connectivity index is 1.90. The van der Waals surface area contributed by atoms with Gasteiger partial charge in [-0.1, -0.05) is 42.5 Å². The van der Waals surface area contributed by atoms with E-state index in [1.54, 1.807) is 0 Å². The zero-order valence-corrected chi connectivity index (χ0v) is 17.2. The Morgan fingerprint density at radius 3 is 2.10 bits per heavy atom. The number of carbonyl (C=O) groups is 1. The molecule has 0 saturated heterocycles. The highest BCUT2D eigenvalue weighted by Gasteiger charge is 2.48. The lowest BCUT2D eigenvalue weighted by atomic mass is 9.93. The van der Waals surface area contributed by atoms with Crippen LogP contribution < -0.4 is 4.18 Å². The maximum atomic E-state index is 12.4. The summed E-state index contributed by atoms with van der Waals surface area (Å²) in [5.74, 6) is -1.04. The highest BCUT2D eigenvalue weighted by atomic mass is 32.2. The maximum absolute atomic E-state index is 12.4. The monoisotopic (exact) mass is 444 g/mol. The van der Waals surface area contributed by atoms with Crippen LogP contribution >= 0.6 is 0 Å². The van der Waals surface area contributed by atoms with E-state index < -0.39 is 21.4 Å². The molecule has 0 aromatic heterocycles. The Morgan fingerprint density at radius 1 is 0.933 bits per heavy atom. The molecule has 0 bridgehead atoms. The molecule has 164 valence electrons. The zero-order chi connectivity index (χ0) is 22.2. The average molecular weight is 444 g/mol. The van der Waals surface area contributed by atoms with Crippen LogP contribution in [0, 0.1) is 5.92 Å². The van der Waals surface area contributed by atoms with Gasteiger partial charge in [0.05, 0.1) is 13.0 Å². The van der Waals surface area contributed by atoms with E-state index in [1.807, 2.05) is 30.3 Å². The van der Waals surface area contributed by atoms with E-state index in [0.717, 1.165) is 30.5 Å². The van der Waals surface area contributed by atoms with Crippen molar-refractivity contribution < 1.29 is 35.3 Å². The molecule has 0 aliphatic heterocycles. The van der Waals surface area contributed by atoms with Gasteiger partial charge < -0.3 is 8.92 Å². The first-order chi connectivity index (χ1) is 14.1. The van der Waals surface area contributed by atoms with Crippen LogP contribution in [0.4, 0.5) is 13.2 Å². The molecule has 2 rings (SSSR count). The number of hydrogen-bond acceptors (Lipinski definition) is 5. The fraction of sp³-hybridized carbons (Fsp3) is 0.381. The summed E-state index contributed by atoms with van der Waals surface area (Å²) in [7, 11) is -4.37. The van der Waals surface area contributed by atoms with Gasteiger partial charge in [-0.2, -0.15) is 21.6 Å². The number of hydrogen-bond donors (Lipinski definition) is 0. The Bertz CT molecular complexity index is 910. The van der Waals surface area contributed by atoms with Crippen LogP contribution in [0.25, 0.3) is 0 Å². The third kappa shape index (κ3) is 7.05. The van der Waals surface area contributed by atoms with E-state index in [0.29, 0.717) is 19.3 Å². The molecule has 1 unspecified atom stereocenters. The van der Waals surface area contributed by atoms with E-state index in [1.165, 1.54) is 24.8 Å². The van der Waals surface area contributed by atoms with Gasteiger partial charge in [0.25, 0.3) is 0 Å². The zero-order valence-electron chi connectivity index (χ0n) is 16.4. The average Bonchev–Trinajstić information content (AvgIpc) is 2.70. The molecule has 1 atom stereocenters. The van der Waals surface area contributed by atoms with Crippen LogP contribution in [0.15, 0.2) is 54.6 Å². The van der Waals surface area contributed by atoms with Crippen molar-refractivity contribution in [2.75, 3.05) is 7.11 Å². The quantitative estimate of drug-likeness (QED) is 0.303. The molecule has 0 spiro atoms. The summed E-state index contributed by atoms with van der Waals surface area (Å²) in [5.41, 5.74) is -3.56. The number of esters is 1. The van der Waals surface area contributed by atoms with E-state index in [-0.39, 0.29) is 11.9 Å². The van der Waals surface area contributed by atoms with E-state index in [4.69, 9.17) is 4.74 Å². The second-order valence-electron chi connectivity index (χ2n) is 6.76. The fourth-order valence-corrected chi connectivity index (χ4v) is 3.43. The van der Waals surface area contributed by atoms with Gasteiger partial charge in [0.2, 0.25) is 0 Å². The second-order valence-corrected chi connectivity index (χ2v) is 8.30. The number of carbonyl (C=O) groups excluding carboxylic acids is 1. The summed E-state index contributed by atoms with van der Waals surface area (Å²) in [6.45, 7) is 0. The van der Waals surface area contributed by atoms with Gasteiger partial charge in [0, 0.05) is 0 Å². The molecule has 0 fully saturated rings. The van der Waals surface area contributed by atoms with Crippen molar-refractivity contribution in [2.45, 2.75) is 37.6 Å². The summed E-state index contributed by atoms with van der Waals surface area (Å²) in [6.07, 6.45) is 3.28. The standard InChI is InChI=1S/C21H23F3O5S/c1-28-20(25)18(9-5-8-16-6-3-2-4-7-16)13-10-17-11-14-19(15-12-17)29-30(26,27)21(22,23)24/h2-4,6-7,11-12,14-15,18H,5,8-10,13H2,1H3. The Morgan fingerprint density at radius 2 is 1.53 bits per heavy atom. The first-order valence-corrected chi connectivity index (χ1v) is 10.7. The largest absolute Gasteiger partial charge is 0.534 e. The van der Waals surface area contributed by atoms with Crippen molar-refractivity contribution in [3.63, 3.8) is 0 Å². The van der Waals surface area contributed by atoms with Crippen molar-refractivity contribution in [1.82, 2.24) is 0 Å². The minimum Gasteiger partial charge on any atom is -0.469 e. The summed E-state index contributed by atoms with van der Waals surface area (Å²) in [5, 5.41) is 0. The summed E-state index contributed by atoms with van der Waals surface area (Å²) in [6, 6.07) is 15.2. The molecule has 9 heteroatoms. The highest BCUT2D eigenvalue weighted by molar-refractivity contribution is 7.88. The lowest BCUT2D eigenvalue weighted by Crippen LogP contribution is -2.28. The third-order valence-corrected chi connectivity index (χ3v) is 5.57. The van der Waals surface area contributed by atoms with Gasteiger partial charge >= 0.3 is 21.6 Å². The van der Waals surface area contributed by atoms with Crippen LogP contribution in [0.3, 0.4) is 0 Å². The number of methoxy groups -OCH3 is 1. The molecular weight excluding hydrogens is 421 g/mol. The van der Waals surface area contributed by atoms with Crippen molar-refractivity contribution >= 4 is 16.1 Å². The van der Waals surface area contributed by atoms with Crippen molar-refractivity contribution in [1.29, 1.82) is 0 Å². The molecule has 2 aromatic rings. The number of rotatable bonds is 10. The van der Waals surface area contributed by atoms with Gasteiger partial charge in [-0.3, -0.25) is 4.79 Å². The fourth-order valence-electron chi connectivity index (χ4n) is 2.97.